The molecule has 0 spiro atoms. The molecule has 6 nitrogen and oxygen atoms in total. The molecule has 1 amide bonds. The first-order chi connectivity index (χ1) is 17.2. The summed E-state index contributed by atoms with van der Waals surface area (Å²) < 4.78 is 5.96. The van der Waals surface area contributed by atoms with Crippen molar-refractivity contribution in [3.8, 4) is 0 Å². The van der Waals surface area contributed by atoms with Gasteiger partial charge >= 0.3 is 0 Å². The van der Waals surface area contributed by atoms with Gasteiger partial charge in [-0.1, -0.05) is 72.8 Å². The van der Waals surface area contributed by atoms with Crippen molar-refractivity contribution in [2.45, 2.75) is 19.6 Å². The number of hydroxylamine groups is 1. The molecule has 35 heavy (non-hydrogen) atoms. The monoisotopic (exact) mass is 469 g/mol. The first-order valence-corrected chi connectivity index (χ1v) is 11.8. The Bertz CT molecular complexity index is 1230. The van der Waals surface area contributed by atoms with Gasteiger partial charge in [-0.05, 0) is 40.8 Å². The zero-order chi connectivity index (χ0) is 24.3. The van der Waals surface area contributed by atoms with E-state index >= 15 is 0 Å². The highest BCUT2D eigenvalue weighted by molar-refractivity contribution is 5.90. The number of nitrogens with one attached hydrogen (secondary N) is 2. The zero-order valence-corrected chi connectivity index (χ0v) is 19.7. The van der Waals surface area contributed by atoms with E-state index < -0.39 is 5.91 Å². The van der Waals surface area contributed by atoms with Crippen LogP contribution in [0.2, 0.25) is 0 Å². The number of aromatic nitrogens is 1. The fourth-order valence-electron chi connectivity index (χ4n) is 4.05. The molecule has 6 heteroatoms. The van der Waals surface area contributed by atoms with E-state index in [1.807, 2.05) is 36.4 Å². The van der Waals surface area contributed by atoms with Crippen molar-refractivity contribution in [1.82, 2.24) is 15.4 Å². The maximum absolute atomic E-state index is 11.2. The van der Waals surface area contributed by atoms with E-state index in [0.717, 1.165) is 31.6 Å². The van der Waals surface area contributed by atoms with Crippen LogP contribution in [0.25, 0.3) is 17.0 Å². The Labute approximate surface area is 205 Å². The van der Waals surface area contributed by atoms with Crippen LogP contribution in [0.4, 0.5) is 0 Å². The maximum atomic E-state index is 11.2. The summed E-state index contributed by atoms with van der Waals surface area (Å²) in [5.74, 6) is -0.548. The fourth-order valence-corrected chi connectivity index (χ4v) is 4.05. The van der Waals surface area contributed by atoms with Crippen LogP contribution in [0, 0.1) is 0 Å². The molecule has 0 aliphatic heterocycles. The summed E-state index contributed by atoms with van der Waals surface area (Å²) in [7, 11) is 0. The van der Waals surface area contributed by atoms with Gasteiger partial charge in [0.05, 0.1) is 13.2 Å². The van der Waals surface area contributed by atoms with E-state index in [9.17, 15) is 4.79 Å². The molecular formula is C29H31N3O3. The molecule has 0 unspecified atom stereocenters. The van der Waals surface area contributed by atoms with Crippen molar-refractivity contribution in [3.63, 3.8) is 0 Å². The molecule has 0 atom stereocenters. The Kier molecular flexibility index (Phi) is 8.84. The standard InChI is InChI=1S/C29H31N3O3/c33-29(31-34)15-14-23-10-12-24(13-11-23)21-32(18-19-35-22-25-6-2-1-3-7-25)17-16-26-20-30-28-9-5-4-8-27(26)28/h1-15,20,30,34H,16-19,21-22H2,(H,31,33). The van der Waals surface area contributed by atoms with Crippen LogP contribution in [0.5, 0.6) is 0 Å². The molecule has 3 aromatic carbocycles. The number of nitrogens with zero attached hydrogens (tertiary/aromatic N) is 1. The van der Waals surface area contributed by atoms with E-state index in [4.69, 9.17) is 9.94 Å². The smallest absolute Gasteiger partial charge is 0.267 e. The highest BCUT2D eigenvalue weighted by atomic mass is 16.5. The van der Waals surface area contributed by atoms with Gasteiger partial charge in [-0.3, -0.25) is 14.9 Å². The minimum atomic E-state index is -0.548. The summed E-state index contributed by atoms with van der Waals surface area (Å²) in [6.07, 6.45) is 6.02. The summed E-state index contributed by atoms with van der Waals surface area (Å²) in [4.78, 5) is 17.0. The number of rotatable bonds is 12. The first kappa shape index (κ1) is 24.4. The predicted molar refractivity (Wildman–Crippen MR) is 139 cm³/mol. The highest BCUT2D eigenvalue weighted by Crippen LogP contribution is 2.19. The number of carbonyl (C=O) groups is 1. The third-order valence-electron chi connectivity index (χ3n) is 5.96. The van der Waals surface area contributed by atoms with Crippen LogP contribution in [0.1, 0.15) is 22.3 Å². The van der Waals surface area contributed by atoms with E-state index in [-0.39, 0.29) is 0 Å². The molecule has 0 saturated heterocycles. The molecule has 0 aliphatic rings. The number of amides is 1. The number of H-pyrrole nitrogens is 1. The lowest BCUT2D eigenvalue weighted by atomic mass is 10.1. The molecule has 0 aliphatic carbocycles. The van der Waals surface area contributed by atoms with Crippen molar-refractivity contribution in [3.05, 3.63) is 113 Å². The summed E-state index contributed by atoms with van der Waals surface area (Å²) in [6, 6.07) is 26.7. The topological polar surface area (TPSA) is 77.6 Å². The maximum Gasteiger partial charge on any atom is 0.267 e. The van der Waals surface area contributed by atoms with Crippen LogP contribution in [-0.2, 0) is 29.1 Å². The average Bonchev–Trinajstić information content (AvgIpc) is 3.32. The Balaban J connectivity index is 1.37. The minimum Gasteiger partial charge on any atom is -0.375 e. The second-order valence-corrected chi connectivity index (χ2v) is 8.47. The van der Waals surface area contributed by atoms with Crippen LogP contribution >= 0.6 is 0 Å². The molecular weight excluding hydrogens is 438 g/mol. The van der Waals surface area contributed by atoms with Gasteiger partial charge in [-0.25, -0.2) is 5.48 Å². The van der Waals surface area contributed by atoms with E-state index in [1.165, 1.54) is 33.7 Å². The third kappa shape index (κ3) is 7.39. The third-order valence-corrected chi connectivity index (χ3v) is 5.96. The van der Waals surface area contributed by atoms with Crippen molar-refractivity contribution in [2.75, 3.05) is 19.7 Å². The van der Waals surface area contributed by atoms with E-state index in [1.54, 1.807) is 11.6 Å². The van der Waals surface area contributed by atoms with E-state index in [0.29, 0.717) is 13.2 Å². The van der Waals surface area contributed by atoms with Gasteiger partial charge in [0.1, 0.15) is 0 Å². The summed E-state index contributed by atoms with van der Waals surface area (Å²) >= 11 is 0. The molecule has 0 saturated carbocycles. The molecule has 0 bridgehead atoms. The quantitative estimate of drug-likeness (QED) is 0.119. The van der Waals surface area contributed by atoms with Crippen LogP contribution in [0.15, 0.2) is 91.1 Å². The Morgan fingerprint density at radius 3 is 2.51 bits per heavy atom. The number of fused-ring (bicyclic) bond motifs is 1. The molecule has 3 N–H and O–H groups in total. The van der Waals surface area contributed by atoms with Crippen LogP contribution in [0.3, 0.4) is 0 Å². The van der Waals surface area contributed by atoms with Crippen molar-refractivity contribution >= 4 is 22.9 Å². The number of para-hydroxylation sites is 1. The van der Waals surface area contributed by atoms with Gasteiger partial charge in [0.25, 0.3) is 5.91 Å². The van der Waals surface area contributed by atoms with Gasteiger partial charge in [-0.2, -0.15) is 0 Å². The summed E-state index contributed by atoms with van der Waals surface area (Å²) in [5.41, 5.74) is 7.35. The fraction of sp³-hybridized carbons (Fsp3) is 0.207. The highest BCUT2D eigenvalue weighted by Gasteiger charge is 2.10. The van der Waals surface area contributed by atoms with Gasteiger partial charge in [0, 0.05) is 42.8 Å². The lowest BCUT2D eigenvalue weighted by Gasteiger charge is -2.22. The molecule has 1 aromatic heterocycles. The lowest BCUT2D eigenvalue weighted by Crippen LogP contribution is -2.29. The number of hydrogen-bond acceptors (Lipinski definition) is 4. The predicted octanol–water partition coefficient (Wildman–Crippen LogP) is 4.95. The van der Waals surface area contributed by atoms with Gasteiger partial charge < -0.3 is 9.72 Å². The minimum absolute atomic E-state index is 0.548. The normalized spacial score (nSPS) is 11.5. The SMILES string of the molecule is O=C(C=Cc1ccc(CN(CCOCc2ccccc2)CCc2c[nH]c3ccccc23)cc1)NO. The second-order valence-electron chi connectivity index (χ2n) is 8.47. The Hall–Kier alpha value is -3.71. The Morgan fingerprint density at radius 1 is 0.943 bits per heavy atom. The lowest BCUT2D eigenvalue weighted by molar-refractivity contribution is -0.124. The largest absolute Gasteiger partial charge is 0.375 e. The molecule has 180 valence electrons. The Morgan fingerprint density at radius 2 is 1.71 bits per heavy atom. The van der Waals surface area contributed by atoms with Crippen LogP contribution in [-0.4, -0.2) is 40.7 Å². The van der Waals surface area contributed by atoms with Crippen LogP contribution < -0.4 is 5.48 Å². The molecule has 0 radical (unpaired) electrons. The number of carbonyl (C=O) groups excluding carboxylic acids is 1. The first-order valence-electron chi connectivity index (χ1n) is 11.8. The number of ether oxygens (including phenoxy) is 1. The number of hydrogen-bond donors (Lipinski definition) is 3. The molecule has 0 fully saturated rings. The van der Waals surface area contributed by atoms with Gasteiger partial charge in [-0.15, -0.1) is 0 Å². The van der Waals surface area contributed by atoms with Crippen molar-refractivity contribution in [1.29, 1.82) is 0 Å². The average molecular weight is 470 g/mol. The number of benzene rings is 3. The summed E-state index contributed by atoms with van der Waals surface area (Å²) in [6.45, 7) is 3.81. The van der Waals surface area contributed by atoms with E-state index in [2.05, 4.69) is 58.5 Å². The van der Waals surface area contributed by atoms with Gasteiger partial charge in [0.15, 0.2) is 0 Å². The number of aromatic amines is 1. The van der Waals surface area contributed by atoms with Crippen molar-refractivity contribution < 1.29 is 14.7 Å². The van der Waals surface area contributed by atoms with Crippen molar-refractivity contribution in [2.24, 2.45) is 0 Å². The molecule has 1 heterocycles. The zero-order valence-electron chi connectivity index (χ0n) is 19.7. The molecule has 4 aromatic rings. The molecule has 4 rings (SSSR count). The second kappa shape index (κ2) is 12.7. The summed E-state index contributed by atoms with van der Waals surface area (Å²) in [5, 5.41) is 9.89. The van der Waals surface area contributed by atoms with Gasteiger partial charge in [0.2, 0.25) is 0 Å².